The largest absolute Gasteiger partial charge is 0.493 e. The first-order chi connectivity index (χ1) is 16.1. The zero-order valence-electron chi connectivity index (χ0n) is 19.0. The second-order valence-corrected chi connectivity index (χ2v) is 9.07. The Labute approximate surface area is 202 Å². The molecule has 1 aromatic heterocycles. The second kappa shape index (κ2) is 11.0. The number of nitrogens with one attached hydrogen (secondary N) is 1. The van der Waals surface area contributed by atoms with Crippen LogP contribution in [-0.2, 0) is 13.1 Å². The molecule has 0 aliphatic carbocycles. The van der Waals surface area contributed by atoms with Crippen molar-refractivity contribution in [2.45, 2.75) is 32.0 Å². The zero-order valence-corrected chi connectivity index (χ0v) is 20.6. The van der Waals surface area contributed by atoms with Crippen molar-refractivity contribution in [3.8, 4) is 22.8 Å². The van der Waals surface area contributed by atoms with Gasteiger partial charge in [0.25, 0.3) is 0 Å². The van der Waals surface area contributed by atoms with Crippen LogP contribution in [0.15, 0.2) is 68.3 Å². The van der Waals surface area contributed by atoms with E-state index >= 15 is 0 Å². The molecule has 0 saturated carbocycles. The molecule has 1 aliphatic rings. The van der Waals surface area contributed by atoms with E-state index in [1.807, 2.05) is 12.1 Å². The first kappa shape index (κ1) is 23.5. The highest BCUT2D eigenvalue weighted by atomic mass is 79.9. The fourth-order valence-corrected chi connectivity index (χ4v) is 4.67. The summed E-state index contributed by atoms with van der Waals surface area (Å²) < 4.78 is 17.1. The molecule has 0 amide bonds. The minimum absolute atomic E-state index is 0.330. The van der Waals surface area contributed by atoms with Gasteiger partial charge in [0.15, 0.2) is 11.5 Å². The Hall–Kier alpha value is -2.61. The van der Waals surface area contributed by atoms with Crippen LogP contribution in [0.1, 0.15) is 24.0 Å². The van der Waals surface area contributed by atoms with Gasteiger partial charge in [0.2, 0.25) is 0 Å². The lowest BCUT2D eigenvalue weighted by atomic mass is 10.0. The van der Waals surface area contributed by atoms with Crippen LogP contribution < -0.4 is 20.4 Å². The van der Waals surface area contributed by atoms with Gasteiger partial charge in [-0.2, -0.15) is 0 Å². The van der Waals surface area contributed by atoms with E-state index in [4.69, 9.17) is 13.9 Å². The summed E-state index contributed by atoms with van der Waals surface area (Å²) in [5, 5.41) is 3.53. The fraction of sp³-hybridized carbons (Fsp3) is 0.346. The Morgan fingerprint density at radius 1 is 1.03 bits per heavy atom. The first-order valence-electron chi connectivity index (χ1n) is 11.1. The Balaban J connectivity index is 1.35. The molecule has 0 atom stereocenters. The van der Waals surface area contributed by atoms with Crippen molar-refractivity contribution < 1.29 is 13.9 Å². The van der Waals surface area contributed by atoms with Crippen LogP contribution in [0.3, 0.4) is 0 Å². The van der Waals surface area contributed by atoms with Crippen molar-refractivity contribution in [2.75, 3.05) is 27.3 Å². The van der Waals surface area contributed by atoms with Gasteiger partial charge < -0.3 is 19.2 Å². The predicted molar refractivity (Wildman–Crippen MR) is 133 cm³/mol. The molecule has 2 heterocycles. The standard InChI is InChI=1S/C26H29BrN2O4/c1-31-24-14-21(22(27)15-25(24)32-2)23-9-8-19(26(30)33-23)16-28-20-10-12-29(13-11-20)17-18-6-4-3-5-7-18/h3-9,14-15,20,28H,10-13,16-17H2,1-2H3. The molecule has 0 unspecified atom stereocenters. The average molecular weight is 513 g/mol. The third kappa shape index (κ3) is 5.85. The molecule has 33 heavy (non-hydrogen) atoms. The molecule has 0 bridgehead atoms. The molecule has 1 aliphatic heterocycles. The first-order valence-corrected chi connectivity index (χ1v) is 11.9. The van der Waals surface area contributed by atoms with Gasteiger partial charge in [0.05, 0.1) is 19.8 Å². The molecule has 6 nitrogen and oxygen atoms in total. The number of hydrogen-bond donors (Lipinski definition) is 1. The highest BCUT2D eigenvalue weighted by molar-refractivity contribution is 9.10. The lowest BCUT2D eigenvalue weighted by molar-refractivity contribution is 0.190. The molecular formula is C26H29BrN2O4. The highest BCUT2D eigenvalue weighted by Gasteiger charge is 2.20. The summed E-state index contributed by atoms with van der Waals surface area (Å²) in [4.78, 5) is 15.1. The number of benzene rings is 2. The molecule has 0 spiro atoms. The maximum absolute atomic E-state index is 12.6. The van der Waals surface area contributed by atoms with Crippen molar-refractivity contribution in [1.29, 1.82) is 0 Å². The Kier molecular flexibility index (Phi) is 7.85. The third-order valence-electron chi connectivity index (χ3n) is 6.06. The SMILES string of the molecule is COc1cc(Br)c(-c2ccc(CNC3CCN(Cc4ccccc4)CC3)c(=O)o2)cc1OC. The van der Waals surface area contributed by atoms with Crippen molar-refractivity contribution in [3.05, 3.63) is 80.6 Å². The quantitative estimate of drug-likeness (QED) is 0.465. The molecule has 2 aromatic carbocycles. The van der Waals surface area contributed by atoms with E-state index in [1.54, 1.807) is 26.4 Å². The van der Waals surface area contributed by atoms with E-state index < -0.39 is 0 Å². The zero-order chi connectivity index (χ0) is 23.2. The van der Waals surface area contributed by atoms with E-state index in [2.05, 4.69) is 56.5 Å². The summed E-state index contributed by atoms with van der Waals surface area (Å²) in [6.07, 6.45) is 2.13. The molecule has 1 fully saturated rings. The predicted octanol–water partition coefficient (Wildman–Crippen LogP) is 4.84. The van der Waals surface area contributed by atoms with Crippen LogP contribution in [0.4, 0.5) is 0 Å². The Bertz CT molecular complexity index is 1120. The summed E-state index contributed by atoms with van der Waals surface area (Å²) in [6, 6.07) is 18.2. The summed E-state index contributed by atoms with van der Waals surface area (Å²) in [5.41, 5.74) is 2.38. The normalized spacial score (nSPS) is 14.9. The van der Waals surface area contributed by atoms with Crippen LogP contribution >= 0.6 is 15.9 Å². The molecule has 1 N–H and O–H groups in total. The van der Waals surface area contributed by atoms with Gasteiger partial charge in [-0.25, -0.2) is 4.79 Å². The van der Waals surface area contributed by atoms with Crippen molar-refractivity contribution in [3.63, 3.8) is 0 Å². The molecule has 4 rings (SSSR count). The molecule has 1 saturated heterocycles. The third-order valence-corrected chi connectivity index (χ3v) is 6.71. The van der Waals surface area contributed by atoms with E-state index in [9.17, 15) is 4.79 Å². The van der Waals surface area contributed by atoms with Crippen LogP contribution in [-0.4, -0.2) is 38.3 Å². The number of rotatable bonds is 8. The van der Waals surface area contributed by atoms with Gasteiger partial charge in [0, 0.05) is 29.2 Å². The number of likely N-dealkylation sites (tertiary alicyclic amines) is 1. The topological polar surface area (TPSA) is 63.9 Å². The van der Waals surface area contributed by atoms with E-state index in [1.165, 1.54) is 5.56 Å². The van der Waals surface area contributed by atoms with Crippen LogP contribution in [0, 0.1) is 0 Å². The van der Waals surface area contributed by atoms with Crippen molar-refractivity contribution in [2.24, 2.45) is 0 Å². The van der Waals surface area contributed by atoms with Gasteiger partial charge in [-0.3, -0.25) is 4.90 Å². The maximum atomic E-state index is 12.6. The summed E-state index contributed by atoms with van der Waals surface area (Å²) in [7, 11) is 3.16. The van der Waals surface area contributed by atoms with Crippen molar-refractivity contribution >= 4 is 15.9 Å². The Morgan fingerprint density at radius 2 is 1.73 bits per heavy atom. The second-order valence-electron chi connectivity index (χ2n) is 8.22. The molecular weight excluding hydrogens is 484 g/mol. The number of halogens is 1. The monoisotopic (exact) mass is 512 g/mol. The van der Waals surface area contributed by atoms with Crippen molar-refractivity contribution in [1.82, 2.24) is 10.2 Å². The van der Waals surface area contributed by atoms with E-state index in [0.717, 1.165) is 42.5 Å². The summed E-state index contributed by atoms with van der Waals surface area (Å²) >= 11 is 3.53. The highest BCUT2D eigenvalue weighted by Crippen LogP contribution is 2.38. The van der Waals surface area contributed by atoms with E-state index in [-0.39, 0.29) is 5.63 Å². The minimum Gasteiger partial charge on any atom is -0.493 e. The van der Waals surface area contributed by atoms with Crippen LogP contribution in [0.5, 0.6) is 11.5 Å². The minimum atomic E-state index is -0.330. The number of ether oxygens (including phenoxy) is 2. The lowest BCUT2D eigenvalue weighted by Gasteiger charge is -2.32. The van der Waals surface area contributed by atoms with Crippen LogP contribution in [0.25, 0.3) is 11.3 Å². The fourth-order valence-electron chi connectivity index (χ4n) is 4.15. The van der Waals surface area contributed by atoms with Gasteiger partial charge in [-0.1, -0.05) is 30.3 Å². The van der Waals surface area contributed by atoms with Gasteiger partial charge in [-0.05, 0) is 71.7 Å². The average Bonchev–Trinajstić information content (AvgIpc) is 2.84. The van der Waals surface area contributed by atoms with Gasteiger partial charge in [0.1, 0.15) is 5.76 Å². The smallest absolute Gasteiger partial charge is 0.340 e. The van der Waals surface area contributed by atoms with Gasteiger partial charge in [-0.15, -0.1) is 0 Å². The molecule has 3 aromatic rings. The molecule has 0 radical (unpaired) electrons. The molecule has 7 heteroatoms. The van der Waals surface area contributed by atoms with Crippen LogP contribution in [0.2, 0.25) is 0 Å². The number of nitrogens with zero attached hydrogens (tertiary/aromatic N) is 1. The van der Waals surface area contributed by atoms with E-state index in [0.29, 0.717) is 35.4 Å². The lowest BCUT2D eigenvalue weighted by Crippen LogP contribution is -2.42. The number of piperidine rings is 1. The number of methoxy groups -OCH3 is 2. The molecule has 174 valence electrons. The van der Waals surface area contributed by atoms with Gasteiger partial charge >= 0.3 is 5.63 Å². The maximum Gasteiger partial charge on any atom is 0.340 e. The summed E-state index contributed by atoms with van der Waals surface area (Å²) in [5.74, 6) is 1.65. The number of hydrogen-bond acceptors (Lipinski definition) is 6. The Morgan fingerprint density at radius 3 is 2.39 bits per heavy atom. The summed E-state index contributed by atoms with van der Waals surface area (Å²) in [6.45, 7) is 3.59.